The number of esters is 1. The SMILES string of the molecule is COC(=O)c1nccnc1N=C=Nc1cccc2ccccc12. The van der Waals surface area contributed by atoms with Gasteiger partial charge >= 0.3 is 5.97 Å². The Bertz CT molecular complexity index is 925. The average Bonchev–Trinajstić information content (AvgIpc) is 2.61. The lowest BCUT2D eigenvalue weighted by Gasteiger charge is -2.00. The Morgan fingerprint density at radius 1 is 1.04 bits per heavy atom. The van der Waals surface area contributed by atoms with E-state index in [1.165, 1.54) is 19.5 Å². The van der Waals surface area contributed by atoms with Crippen molar-refractivity contribution in [2.45, 2.75) is 0 Å². The van der Waals surface area contributed by atoms with E-state index < -0.39 is 5.97 Å². The molecule has 1 aromatic heterocycles. The third-order valence-corrected chi connectivity index (χ3v) is 3.15. The fourth-order valence-electron chi connectivity index (χ4n) is 2.09. The van der Waals surface area contributed by atoms with E-state index in [1.807, 2.05) is 42.5 Å². The Labute approximate surface area is 132 Å². The maximum Gasteiger partial charge on any atom is 0.360 e. The van der Waals surface area contributed by atoms with Gasteiger partial charge in [-0.2, -0.15) is 9.98 Å². The van der Waals surface area contributed by atoms with Gasteiger partial charge in [-0.1, -0.05) is 36.4 Å². The van der Waals surface area contributed by atoms with E-state index >= 15 is 0 Å². The van der Waals surface area contributed by atoms with Crippen LogP contribution in [0.3, 0.4) is 0 Å². The predicted octanol–water partition coefficient (Wildman–Crippen LogP) is 3.55. The minimum absolute atomic E-state index is 0.0237. The molecule has 6 heteroatoms. The molecule has 0 atom stereocenters. The molecule has 0 aliphatic heterocycles. The number of rotatable bonds is 3. The van der Waals surface area contributed by atoms with Crippen molar-refractivity contribution in [3.63, 3.8) is 0 Å². The number of aromatic nitrogens is 2. The highest BCUT2D eigenvalue weighted by Crippen LogP contribution is 2.25. The van der Waals surface area contributed by atoms with Crippen LogP contribution in [-0.4, -0.2) is 29.1 Å². The molecule has 23 heavy (non-hydrogen) atoms. The van der Waals surface area contributed by atoms with Crippen molar-refractivity contribution < 1.29 is 9.53 Å². The van der Waals surface area contributed by atoms with E-state index in [2.05, 4.69) is 30.7 Å². The lowest BCUT2D eigenvalue weighted by molar-refractivity contribution is 0.0594. The van der Waals surface area contributed by atoms with E-state index in [0.29, 0.717) is 0 Å². The van der Waals surface area contributed by atoms with Gasteiger partial charge in [0.15, 0.2) is 11.5 Å². The summed E-state index contributed by atoms with van der Waals surface area (Å²) in [5.41, 5.74) is 0.756. The summed E-state index contributed by atoms with van der Waals surface area (Å²) < 4.78 is 4.64. The van der Waals surface area contributed by atoms with Crippen LogP contribution in [0.4, 0.5) is 11.5 Å². The molecule has 0 spiro atoms. The van der Waals surface area contributed by atoms with E-state index in [4.69, 9.17) is 0 Å². The van der Waals surface area contributed by atoms with Crippen molar-refractivity contribution in [2.24, 2.45) is 9.98 Å². The summed E-state index contributed by atoms with van der Waals surface area (Å²) in [4.78, 5) is 27.7. The highest BCUT2D eigenvalue weighted by molar-refractivity contribution is 5.94. The van der Waals surface area contributed by atoms with Crippen LogP contribution in [0.2, 0.25) is 0 Å². The van der Waals surface area contributed by atoms with E-state index in [9.17, 15) is 4.79 Å². The predicted molar refractivity (Wildman–Crippen MR) is 86.5 cm³/mol. The van der Waals surface area contributed by atoms with Gasteiger partial charge < -0.3 is 4.74 Å². The molecule has 0 saturated heterocycles. The monoisotopic (exact) mass is 304 g/mol. The van der Waals surface area contributed by atoms with Crippen molar-refractivity contribution in [2.75, 3.05) is 7.11 Å². The average molecular weight is 304 g/mol. The Kier molecular flexibility index (Phi) is 4.18. The van der Waals surface area contributed by atoms with E-state index in [0.717, 1.165) is 16.5 Å². The van der Waals surface area contributed by atoms with Gasteiger partial charge in [0.25, 0.3) is 0 Å². The summed E-state index contributed by atoms with van der Waals surface area (Å²) in [5, 5.41) is 2.07. The van der Waals surface area contributed by atoms with Crippen LogP contribution in [0.1, 0.15) is 10.5 Å². The molecule has 0 N–H and O–H groups in total. The summed E-state index contributed by atoms with van der Waals surface area (Å²) in [5.74, 6) is -0.493. The number of fused-ring (bicyclic) bond motifs is 1. The second-order valence-electron chi connectivity index (χ2n) is 4.54. The third kappa shape index (κ3) is 3.12. The van der Waals surface area contributed by atoms with E-state index in [-0.39, 0.29) is 11.5 Å². The number of carbonyl (C=O) groups is 1. The minimum Gasteiger partial charge on any atom is -0.464 e. The molecule has 0 amide bonds. The highest BCUT2D eigenvalue weighted by atomic mass is 16.5. The second-order valence-corrected chi connectivity index (χ2v) is 4.54. The number of hydrogen-bond donors (Lipinski definition) is 0. The van der Waals surface area contributed by atoms with Crippen LogP contribution in [0.15, 0.2) is 64.8 Å². The Morgan fingerprint density at radius 3 is 2.70 bits per heavy atom. The first-order valence-corrected chi connectivity index (χ1v) is 6.83. The quantitative estimate of drug-likeness (QED) is 0.547. The fourth-order valence-corrected chi connectivity index (χ4v) is 2.09. The number of ether oxygens (including phenoxy) is 1. The molecule has 3 rings (SSSR count). The van der Waals surface area contributed by atoms with Gasteiger partial charge in [-0.15, -0.1) is 0 Å². The van der Waals surface area contributed by atoms with Gasteiger partial charge in [0.2, 0.25) is 0 Å². The lowest BCUT2D eigenvalue weighted by atomic mass is 10.1. The van der Waals surface area contributed by atoms with Crippen LogP contribution in [0, 0.1) is 0 Å². The van der Waals surface area contributed by atoms with Crippen molar-refractivity contribution in [3.8, 4) is 0 Å². The highest BCUT2D eigenvalue weighted by Gasteiger charge is 2.13. The molecule has 0 radical (unpaired) electrons. The summed E-state index contributed by atoms with van der Waals surface area (Å²) in [6.45, 7) is 0. The molecule has 2 aromatic carbocycles. The summed E-state index contributed by atoms with van der Waals surface area (Å²) in [6, 6.07) is 16.2. The topological polar surface area (TPSA) is 76.8 Å². The number of hydrogen-bond acceptors (Lipinski definition) is 6. The zero-order valence-corrected chi connectivity index (χ0v) is 12.3. The molecule has 0 fully saturated rings. The Balaban J connectivity index is 2.00. The zero-order valence-electron chi connectivity index (χ0n) is 12.3. The maximum absolute atomic E-state index is 11.6. The molecule has 1 heterocycles. The molecular formula is C17H12N4O2. The normalized spacial score (nSPS) is 9.96. The molecule has 3 aromatic rings. The van der Waals surface area contributed by atoms with Crippen molar-refractivity contribution in [1.29, 1.82) is 0 Å². The molecule has 112 valence electrons. The van der Waals surface area contributed by atoms with Crippen LogP contribution in [0.5, 0.6) is 0 Å². The molecular weight excluding hydrogens is 292 g/mol. The van der Waals surface area contributed by atoms with Gasteiger partial charge in [0.1, 0.15) is 6.01 Å². The largest absolute Gasteiger partial charge is 0.464 e. The number of aliphatic imine (C=N–C) groups is 2. The lowest BCUT2D eigenvalue weighted by Crippen LogP contribution is -2.04. The molecule has 0 bridgehead atoms. The molecule has 0 aliphatic carbocycles. The Hall–Kier alpha value is -3.37. The van der Waals surface area contributed by atoms with Crippen LogP contribution in [0.25, 0.3) is 10.8 Å². The minimum atomic E-state index is -0.608. The van der Waals surface area contributed by atoms with Crippen molar-refractivity contribution >= 4 is 34.3 Å². The van der Waals surface area contributed by atoms with Crippen molar-refractivity contribution in [3.05, 3.63) is 60.6 Å². The first kappa shape index (κ1) is 14.6. The maximum atomic E-state index is 11.6. The zero-order chi connectivity index (χ0) is 16.1. The van der Waals surface area contributed by atoms with Crippen molar-refractivity contribution in [1.82, 2.24) is 9.97 Å². The fraction of sp³-hybridized carbons (Fsp3) is 0.0588. The van der Waals surface area contributed by atoms with Crippen LogP contribution in [-0.2, 0) is 4.74 Å². The summed E-state index contributed by atoms with van der Waals surface area (Å²) in [7, 11) is 1.27. The first-order chi connectivity index (χ1) is 11.3. The smallest absolute Gasteiger partial charge is 0.360 e. The molecule has 6 nitrogen and oxygen atoms in total. The van der Waals surface area contributed by atoms with Gasteiger partial charge in [0.05, 0.1) is 12.8 Å². The van der Waals surface area contributed by atoms with Gasteiger partial charge in [-0.3, -0.25) is 0 Å². The molecule has 0 saturated carbocycles. The summed E-state index contributed by atoms with van der Waals surface area (Å²) in [6.07, 6.45) is 2.83. The van der Waals surface area contributed by atoms with E-state index in [1.54, 1.807) is 0 Å². The van der Waals surface area contributed by atoms with Crippen LogP contribution >= 0.6 is 0 Å². The van der Waals surface area contributed by atoms with Gasteiger partial charge in [-0.05, 0) is 11.5 Å². The number of methoxy groups -OCH3 is 1. The van der Waals surface area contributed by atoms with Gasteiger partial charge in [0, 0.05) is 17.8 Å². The second kappa shape index (κ2) is 6.60. The van der Waals surface area contributed by atoms with Crippen LogP contribution < -0.4 is 0 Å². The number of benzene rings is 2. The number of carbonyl (C=O) groups excluding carboxylic acids is 1. The first-order valence-electron chi connectivity index (χ1n) is 6.83. The number of nitrogens with zero attached hydrogens (tertiary/aromatic N) is 4. The molecule has 0 aliphatic rings. The van der Waals surface area contributed by atoms with Gasteiger partial charge in [-0.25, -0.2) is 14.8 Å². The molecule has 0 unspecified atom stereocenters. The Morgan fingerprint density at radius 2 is 1.83 bits per heavy atom. The standard InChI is InChI=1S/C17H12N4O2/c1-23-17(22)15-16(19-10-9-18-15)21-11-20-14-8-4-6-12-5-2-3-7-13(12)14/h2-10H,1H3. The third-order valence-electron chi connectivity index (χ3n) is 3.15. The summed E-state index contributed by atoms with van der Waals surface area (Å²) >= 11 is 0.